The van der Waals surface area contributed by atoms with Crippen molar-refractivity contribution in [3.05, 3.63) is 54.1 Å². The first-order valence-electron chi connectivity index (χ1n) is 5.90. The normalized spacial score (nSPS) is 11.9. The van der Waals surface area contributed by atoms with Crippen LogP contribution in [0.5, 0.6) is 17.2 Å². The van der Waals surface area contributed by atoms with Crippen LogP contribution in [-0.2, 0) is 6.42 Å². The van der Waals surface area contributed by atoms with Crippen molar-refractivity contribution in [3.8, 4) is 17.2 Å². The Balaban J connectivity index is 2.02. The summed E-state index contributed by atoms with van der Waals surface area (Å²) >= 11 is 0. The summed E-state index contributed by atoms with van der Waals surface area (Å²) in [6.07, 6.45) is -1.84. The van der Waals surface area contributed by atoms with Gasteiger partial charge in [0.15, 0.2) is 6.36 Å². The Labute approximate surface area is 111 Å². The van der Waals surface area contributed by atoms with Crippen LogP contribution in [0.15, 0.2) is 48.5 Å². The molecule has 0 amide bonds. The summed E-state index contributed by atoms with van der Waals surface area (Å²) in [7, 11) is 1.61. The molecule has 4 heteroatoms. The maximum atomic E-state index is 12.4. The first-order valence-corrected chi connectivity index (χ1v) is 5.90. The van der Waals surface area contributed by atoms with Crippen LogP contribution in [0.4, 0.5) is 4.39 Å². The van der Waals surface area contributed by atoms with E-state index in [-0.39, 0.29) is 6.42 Å². The summed E-state index contributed by atoms with van der Waals surface area (Å²) in [6.45, 7) is 0. The van der Waals surface area contributed by atoms with Gasteiger partial charge in [-0.15, -0.1) is 0 Å². The topological polar surface area (TPSA) is 38.7 Å². The molecule has 0 aliphatic carbocycles. The van der Waals surface area contributed by atoms with Gasteiger partial charge in [-0.3, -0.25) is 0 Å². The minimum absolute atomic E-state index is 0.0111. The van der Waals surface area contributed by atoms with Gasteiger partial charge in [-0.25, -0.2) is 4.39 Å². The van der Waals surface area contributed by atoms with E-state index in [1.807, 2.05) is 12.1 Å². The number of methoxy groups -OCH3 is 1. The lowest BCUT2D eigenvalue weighted by Gasteiger charge is -2.08. The number of alkyl halides is 1. The van der Waals surface area contributed by atoms with Crippen molar-refractivity contribution in [3.63, 3.8) is 0 Å². The van der Waals surface area contributed by atoms with Crippen LogP contribution in [0.2, 0.25) is 0 Å². The minimum Gasteiger partial charge on any atom is -0.497 e. The largest absolute Gasteiger partial charge is 0.497 e. The van der Waals surface area contributed by atoms with Gasteiger partial charge in [0.05, 0.1) is 7.11 Å². The maximum Gasteiger partial charge on any atom is 0.200 e. The number of hydrogen-bond donors (Lipinski definition) is 1. The standard InChI is InChI=1S/C15H15FO3/c1-18-12-6-8-14(9-7-12)19-13-4-2-11(3-5-13)10-15(16)17/h2-9,15,17H,10H2,1H3. The van der Waals surface area contributed by atoms with E-state index in [0.717, 1.165) is 11.3 Å². The predicted molar refractivity (Wildman–Crippen MR) is 70.3 cm³/mol. The second-order valence-corrected chi connectivity index (χ2v) is 4.06. The zero-order valence-electron chi connectivity index (χ0n) is 10.5. The molecule has 2 aromatic rings. The molecule has 0 bridgehead atoms. The zero-order chi connectivity index (χ0) is 13.7. The summed E-state index contributed by atoms with van der Waals surface area (Å²) in [5.41, 5.74) is 0.720. The number of rotatable bonds is 5. The Morgan fingerprint density at radius 2 is 1.42 bits per heavy atom. The third-order valence-corrected chi connectivity index (χ3v) is 2.62. The lowest BCUT2D eigenvalue weighted by atomic mass is 10.1. The molecule has 0 saturated heterocycles. The van der Waals surface area contributed by atoms with E-state index >= 15 is 0 Å². The quantitative estimate of drug-likeness (QED) is 0.898. The summed E-state index contributed by atoms with van der Waals surface area (Å²) in [5, 5.41) is 8.65. The molecule has 100 valence electrons. The predicted octanol–water partition coefficient (Wildman–Crippen LogP) is 3.32. The molecule has 0 fully saturated rings. The molecule has 0 heterocycles. The molecule has 0 aliphatic heterocycles. The average molecular weight is 262 g/mol. The Kier molecular flexibility index (Phi) is 4.36. The maximum absolute atomic E-state index is 12.4. The second kappa shape index (κ2) is 6.20. The van der Waals surface area contributed by atoms with Crippen LogP contribution >= 0.6 is 0 Å². The molecular weight excluding hydrogens is 247 g/mol. The van der Waals surface area contributed by atoms with E-state index in [0.29, 0.717) is 11.5 Å². The van der Waals surface area contributed by atoms with Gasteiger partial charge in [-0.1, -0.05) is 12.1 Å². The van der Waals surface area contributed by atoms with Gasteiger partial charge >= 0.3 is 0 Å². The number of aliphatic hydroxyl groups excluding tert-OH is 1. The van der Waals surface area contributed by atoms with Gasteiger partial charge in [0, 0.05) is 6.42 Å². The highest BCUT2D eigenvalue weighted by Gasteiger charge is 2.03. The number of hydrogen-bond acceptors (Lipinski definition) is 3. The van der Waals surface area contributed by atoms with Crippen LogP contribution in [0.25, 0.3) is 0 Å². The van der Waals surface area contributed by atoms with E-state index < -0.39 is 6.36 Å². The highest BCUT2D eigenvalue weighted by molar-refractivity contribution is 5.36. The van der Waals surface area contributed by atoms with Crippen molar-refractivity contribution >= 4 is 0 Å². The van der Waals surface area contributed by atoms with E-state index in [1.165, 1.54) is 0 Å². The third-order valence-electron chi connectivity index (χ3n) is 2.62. The Morgan fingerprint density at radius 1 is 0.947 bits per heavy atom. The van der Waals surface area contributed by atoms with Crippen molar-refractivity contribution in [2.24, 2.45) is 0 Å². The van der Waals surface area contributed by atoms with Gasteiger partial charge in [0.1, 0.15) is 17.2 Å². The van der Waals surface area contributed by atoms with Gasteiger partial charge in [0.2, 0.25) is 0 Å². The second-order valence-electron chi connectivity index (χ2n) is 4.06. The van der Waals surface area contributed by atoms with Crippen LogP contribution in [0.3, 0.4) is 0 Å². The SMILES string of the molecule is COc1ccc(Oc2ccc(CC(O)F)cc2)cc1. The average Bonchev–Trinajstić information content (AvgIpc) is 2.41. The van der Waals surface area contributed by atoms with Gasteiger partial charge in [-0.2, -0.15) is 0 Å². The third kappa shape index (κ3) is 3.96. The molecular formula is C15H15FO3. The van der Waals surface area contributed by atoms with Crippen molar-refractivity contribution in [1.29, 1.82) is 0 Å². The number of ether oxygens (including phenoxy) is 2. The lowest BCUT2D eigenvalue weighted by Crippen LogP contribution is -2.01. The smallest absolute Gasteiger partial charge is 0.200 e. The van der Waals surface area contributed by atoms with Crippen LogP contribution < -0.4 is 9.47 Å². The number of aliphatic hydroxyl groups is 1. The molecule has 0 radical (unpaired) electrons. The molecule has 2 aromatic carbocycles. The molecule has 3 nitrogen and oxygen atoms in total. The van der Waals surface area contributed by atoms with Crippen LogP contribution in [0, 0.1) is 0 Å². The summed E-state index contributed by atoms with van der Waals surface area (Å²) in [6, 6.07) is 14.1. The van der Waals surface area contributed by atoms with Gasteiger partial charge in [0.25, 0.3) is 0 Å². The van der Waals surface area contributed by atoms with Crippen molar-refractivity contribution < 1.29 is 19.0 Å². The summed E-state index contributed by atoms with van der Waals surface area (Å²) in [4.78, 5) is 0. The molecule has 0 aliphatic rings. The fourth-order valence-electron chi connectivity index (χ4n) is 1.67. The highest BCUT2D eigenvalue weighted by Crippen LogP contribution is 2.24. The monoisotopic (exact) mass is 262 g/mol. The fraction of sp³-hybridized carbons (Fsp3) is 0.200. The first kappa shape index (κ1) is 13.4. The van der Waals surface area contributed by atoms with Crippen molar-refractivity contribution in [2.75, 3.05) is 7.11 Å². The highest BCUT2D eigenvalue weighted by atomic mass is 19.1. The molecule has 0 spiro atoms. The lowest BCUT2D eigenvalue weighted by molar-refractivity contribution is 0.0430. The zero-order valence-corrected chi connectivity index (χ0v) is 10.5. The molecule has 1 atom stereocenters. The molecule has 1 N–H and O–H groups in total. The first-order chi connectivity index (χ1) is 9.17. The Morgan fingerprint density at radius 3 is 1.89 bits per heavy atom. The number of halogens is 1. The van der Waals surface area contributed by atoms with E-state index in [2.05, 4.69) is 0 Å². The Hall–Kier alpha value is -2.07. The van der Waals surface area contributed by atoms with Crippen molar-refractivity contribution in [2.45, 2.75) is 12.8 Å². The Bertz CT molecular complexity index is 506. The molecule has 2 rings (SSSR count). The van der Waals surface area contributed by atoms with Crippen molar-refractivity contribution in [1.82, 2.24) is 0 Å². The number of benzene rings is 2. The molecule has 19 heavy (non-hydrogen) atoms. The molecule has 0 aromatic heterocycles. The van der Waals surface area contributed by atoms with Gasteiger partial charge in [-0.05, 0) is 42.0 Å². The molecule has 1 unspecified atom stereocenters. The molecule has 0 saturated carbocycles. The van der Waals surface area contributed by atoms with E-state index in [1.54, 1.807) is 43.5 Å². The minimum atomic E-state index is -1.83. The van der Waals surface area contributed by atoms with Crippen LogP contribution in [-0.4, -0.2) is 18.6 Å². The van der Waals surface area contributed by atoms with Gasteiger partial charge < -0.3 is 14.6 Å². The van der Waals surface area contributed by atoms with E-state index in [4.69, 9.17) is 14.6 Å². The summed E-state index contributed by atoms with van der Waals surface area (Å²) < 4.78 is 23.1. The fourth-order valence-corrected chi connectivity index (χ4v) is 1.67. The van der Waals surface area contributed by atoms with Crippen LogP contribution in [0.1, 0.15) is 5.56 Å². The van der Waals surface area contributed by atoms with E-state index in [9.17, 15) is 4.39 Å². The summed E-state index contributed by atoms with van der Waals surface area (Å²) in [5.74, 6) is 2.11.